The monoisotopic (exact) mass is 727 g/mol. The molecular formula is C53H33N3O. The van der Waals surface area contributed by atoms with Crippen LogP contribution in [0.2, 0.25) is 0 Å². The van der Waals surface area contributed by atoms with Crippen LogP contribution in [0.1, 0.15) is 0 Å². The van der Waals surface area contributed by atoms with Gasteiger partial charge >= 0.3 is 0 Å². The Labute approximate surface area is 329 Å². The first-order chi connectivity index (χ1) is 28.2. The Balaban J connectivity index is 1.14. The van der Waals surface area contributed by atoms with Gasteiger partial charge in [0.1, 0.15) is 11.2 Å². The molecule has 2 heterocycles. The van der Waals surface area contributed by atoms with E-state index in [9.17, 15) is 0 Å². The molecule has 0 atom stereocenters. The minimum absolute atomic E-state index is 0.549. The van der Waals surface area contributed by atoms with Crippen molar-refractivity contribution in [2.24, 2.45) is 0 Å². The predicted molar refractivity (Wildman–Crippen MR) is 235 cm³/mol. The van der Waals surface area contributed by atoms with E-state index in [0.29, 0.717) is 17.5 Å². The van der Waals surface area contributed by atoms with E-state index < -0.39 is 0 Å². The van der Waals surface area contributed by atoms with Crippen LogP contribution in [0.25, 0.3) is 111 Å². The summed E-state index contributed by atoms with van der Waals surface area (Å²) in [7, 11) is 0. The molecule has 0 aliphatic heterocycles. The number of nitrogens with zero attached hydrogens (tertiary/aromatic N) is 3. The summed E-state index contributed by atoms with van der Waals surface area (Å²) in [6.45, 7) is 0. The van der Waals surface area contributed by atoms with Crippen LogP contribution in [0.5, 0.6) is 0 Å². The Bertz CT molecular complexity index is 3290. The number of hydrogen-bond donors (Lipinski definition) is 0. The lowest BCUT2D eigenvalue weighted by atomic mass is 9.94. The van der Waals surface area contributed by atoms with E-state index in [4.69, 9.17) is 19.4 Å². The minimum atomic E-state index is 0.549. The third-order valence-electron chi connectivity index (χ3n) is 10.9. The van der Waals surface area contributed by atoms with E-state index in [1.165, 1.54) is 16.3 Å². The van der Waals surface area contributed by atoms with Crippen LogP contribution in [-0.4, -0.2) is 15.0 Å². The second kappa shape index (κ2) is 13.6. The molecule has 4 nitrogen and oxygen atoms in total. The Morgan fingerprint density at radius 3 is 1.61 bits per heavy atom. The molecule has 0 amide bonds. The molecule has 11 aromatic rings. The van der Waals surface area contributed by atoms with E-state index in [2.05, 4.69) is 170 Å². The number of furan rings is 1. The summed E-state index contributed by atoms with van der Waals surface area (Å²) in [5, 5.41) is 6.76. The van der Waals surface area contributed by atoms with Crippen molar-refractivity contribution >= 4 is 43.5 Å². The van der Waals surface area contributed by atoms with Crippen LogP contribution in [0, 0.1) is 0 Å². The molecule has 2 aromatic heterocycles. The van der Waals surface area contributed by atoms with Crippen molar-refractivity contribution < 1.29 is 4.42 Å². The molecule has 0 unspecified atom stereocenters. The Morgan fingerprint density at radius 1 is 0.298 bits per heavy atom. The van der Waals surface area contributed by atoms with Crippen molar-refractivity contribution in [3.63, 3.8) is 0 Å². The van der Waals surface area contributed by atoms with Crippen LogP contribution < -0.4 is 0 Å². The lowest BCUT2D eigenvalue weighted by Gasteiger charge is -2.12. The molecule has 0 radical (unpaired) electrons. The fourth-order valence-corrected chi connectivity index (χ4v) is 8.12. The van der Waals surface area contributed by atoms with Gasteiger partial charge < -0.3 is 4.42 Å². The standard InChI is InChI=1S/C53H33N3O/c1-3-14-34(15-4-1)37-22-11-24-41(30-37)45-28-29-46(50-49(45)47-32-38-19-7-8-20-39(38)33-48(47)57-50)53-55-51(36-17-5-2-6-18-36)54-52(56-53)42-25-12-23-40(31-42)44-27-13-21-35-16-9-10-26-43(35)44/h1-33H. The zero-order chi connectivity index (χ0) is 37.7. The normalized spacial score (nSPS) is 11.5. The van der Waals surface area contributed by atoms with E-state index in [-0.39, 0.29) is 0 Å². The zero-order valence-electron chi connectivity index (χ0n) is 30.8. The Morgan fingerprint density at radius 2 is 0.825 bits per heavy atom. The number of rotatable bonds is 6. The second-order valence-corrected chi connectivity index (χ2v) is 14.4. The van der Waals surface area contributed by atoms with Gasteiger partial charge in [-0.15, -0.1) is 0 Å². The summed E-state index contributed by atoms with van der Waals surface area (Å²) < 4.78 is 6.93. The van der Waals surface area contributed by atoms with Gasteiger partial charge in [-0.25, -0.2) is 15.0 Å². The number of hydrogen-bond acceptors (Lipinski definition) is 4. The summed E-state index contributed by atoms with van der Waals surface area (Å²) in [4.78, 5) is 15.5. The molecule has 0 N–H and O–H groups in total. The van der Waals surface area contributed by atoms with Crippen molar-refractivity contribution in [3.05, 3.63) is 200 Å². The zero-order valence-corrected chi connectivity index (χ0v) is 30.8. The van der Waals surface area contributed by atoms with Crippen molar-refractivity contribution in [2.45, 2.75) is 0 Å². The SMILES string of the molecule is c1ccc(-c2cccc(-c3ccc(-c4nc(-c5ccccc5)nc(-c5cccc(-c6cccc7ccccc67)c5)n4)c4oc5cc6ccccc6cc5c34)c2)cc1. The molecule has 0 saturated carbocycles. The molecule has 0 aliphatic rings. The van der Waals surface area contributed by atoms with Crippen molar-refractivity contribution in [2.75, 3.05) is 0 Å². The molecule has 57 heavy (non-hydrogen) atoms. The first-order valence-electron chi connectivity index (χ1n) is 19.2. The van der Waals surface area contributed by atoms with E-state index in [0.717, 1.165) is 77.2 Å². The van der Waals surface area contributed by atoms with Crippen molar-refractivity contribution in [3.8, 4) is 67.5 Å². The third-order valence-corrected chi connectivity index (χ3v) is 10.9. The fourth-order valence-electron chi connectivity index (χ4n) is 8.12. The van der Waals surface area contributed by atoms with Crippen LogP contribution in [-0.2, 0) is 0 Å². The van der Waals surface area contributed by atoms with Gasteiger partial charge in [0.15, 0.2) is 17.5 Å². The Hall–Kier alpha value is -7.69. The summed E-state index contributed by atoms with van der Waals surface area (Å²) in [5.41, 5.74) is 11.0. The summed E-state index contributed by atoms with van der Waals surface area (Å²) in [6, 6.07) is 69.9. The van der Waals surface area contributed by atoms with E-state index in [1.807, 2.05) is 30.3 Å². The first-order valence-corrected chi connectivity index (χ1v) is 19.2. The molecule has 4 heteroatoms. The van der Waals surface area contributed by atoms with E-state index >= 15 is 0 Å². The number of benzene rings is 9. The third kappa shape index (κ3) is 5.83. The van der Waals surface area contributed by atoms with Gasteiger partial charge in [-0.3, -0.25) is 0 Å². The molecule has 11 rings (SSSR count). The highest BCUT2D eigenvalue weighted by Gasteiger charge is 2.22. The molecule has 0 spiro atoms. The van der Waals surface area contributed by atoms with Crippen LogP contribution >= 0.6 is 0 Å². The van der Waals surface area contributed by atoms with Crippen molar-refractivity contribution in [1.29, 1.82) is 0 Å². The maximum atomic E-state index is 6.93. The molecule has 266 valence electrons. The smallest absolute Gasteiger partial charge is 0.167 e. The average molecular weight is 728 g/mol. The fraction of sp³-hybridized carbons (Fsp3) is 0. The minimum Gasteiger partial charge on any atom is -0.455 e. The van der Waals surface area contributed by atoms with Crippen molar-refractivity contribution in [1.82, 2.24) is 15.0 Å². The number of aromatic nitrogens is 3. The quantitative estimate of drug-likeness (QED) is 0.171. The molecule has 0 fully saturated rings. The summed E-state index contributed by atoms with van der Waals surface area (Å²) >= 11 is 0. The predicted octanol–water partition coefficient (Wildman–Crippen LogP) is 14.1. The maximum Gasteiger partial charge on any atom is 0.167 e. The van der Waals surface area contributed by atoms with Crippen LogP contribution in [0.3, 0.4) is 0 Å². The topological polar surface area (TPSA) is 51.8 Å². The van der Waals surface area contributed by atoms with Gasteiger partial charge in [0.05, 0.1) is 5.56 Å². The van der Waals surface area contributed by atoms with Crippen LogP contribution in [0.4, 0.5) is 0 Å². The van der Waals surface area contributed by atoms with Gasteiger partial charge in [-0.2, -0.15) is 0 Å². The summed E-state index contributed by atoms with van der Waals surface area (Å²) in [5.74, 6) is 1.74. The Kier molecular flexibility index (Phi) is 7.78. The summed E-state index contributed by atoms with van der Waals surface area (Å²) in [6.07, 6.45) is 0. The lowest BCUT2D eigenvalue weighted by Crippen LogP contribution is -2.00. The van der Waals surface area contributed by atoms with Gasteiger partial charge in [-0.05, 0) is 85.3 Å². The highest BCUT2D eigenvalue weighted by Crippen LogP contribution is 2.43. The molecule has 0 saturated heterocycles. The largest absolute Gasteiger partial charge is 0.455 e. The van der Waals surface area contributed by atoms with Gasteiger partial charge in [-0.1, -0.05) is 170 Å². The number of fused-ring (bicyclic) bond motifs is 5. The second-order valence-electron chi connectivity index (χ2n) is 14.4. The molecule has 0 bridgehead atoms. The van der Waals surface area contributed by atoms with Gasteiger partial charge in [0.25, 0.3) is 0 Å². The highest BCUT2D eigenvalue weighted by atomic mass is 16.3. The average Bonchev–Trinajstić information content (AvgIpc) is 3.66. The lowest BCUT2D eigenvalue weighted by molar-refractivity contribution is 0.670. The molecule has 0 aliphatic carbocycles. The molecular weight excluding hydrogens is 695 g/mol. The highest BCUT2D eigenvalue weighted by molar-refractivity contribution is 6.18. The van der Waals surface area contributed by atoms with Crippen LogP contribution in [0.15, 0.2) is 205 Å². The first kappa shape index (κ1) is 32.7. The molecule has 9 aromatic carbocycles. The maximum absolute atomic E-state index is 6.93. The van der Waals surface area contributed by atoms with E-state index in [1.54, 1.807) is 0 Å². The van der Waals surface area contributed by atoms with Gasteiger partial charge in [0, 0.05) is 21.9 Å². The van der Waals surface area contributed by atoms with Gasteiger partial charge in [0.2, 0.25) is 0 Å².